The molecule has 1 saturated carbocycles. The zero-order valence-electron chi connectivity index (χ0n) is 14.5. The molecule has 3 rings (SSSR count). The molecule has 130 valence electrons. The van der Waals surface area contributed by atoms with Crippen molar-refractivity contribution in [1.29, 1.82) is 0 Å². The third kappa shape index (κ3) is 4.06. The van der Waals surface area contributed by atoms with Crippen molar-refractivity contribution in [2.45, 2.75) is 45.2 Å². The summed E-state index contributed by atoms with van der Waals surface area (Å²) in [6, 6.07) is 6.46. The summed E-state index contributed by atoms with van der Waals surface area (Å²) in [6.45, 7) is 2.63. The van der Waals surface area contributed by atoms with E-state index >= 15 is 0 Å². The summed E-state index contributed by atoms with van der Waals surface area (Å²) in [5.41, 5.74) is 1.15. The van der Waals surface area contributed by atoms with E-state index in [4.69, 9.17) is 13.9 Å². The van der Waals surface area contributed by atoms with Crippen LogP contribution >= 0.6 is 0 Å². The molecule has 1 aliphatic rings. The van der Waals surface area contributed by atoms with Gasteiger partial charge in [-0.05, 0) is 31.2 Å². The first-order chi connectivity index (χ1) is 11.7. The third-order valence-corrected chi connectivity index (χ3v) is 4.65. The van der Waals surface area contributed by atoms with Gasteiger partial charge in [0.25, 0.3) is 0 Å². The van der Waals surface area contributed by atoms with Crippen molar-refractivity contribution in [1.82, 2.24) is 15.5 Å². The molecule has 1 heterocycles. The predicted molar refractivity (Wildman–Crippen MR) is 90.3 cm³/mol. The number of rotatable bonds is 7. The first kappa shape index (κ1) is 16.8. The molecule has 0 aliphatic heterocycles. The van der Waals surface area contributed by atoms with E-state index in [1.807, 2.05) is 19.1 Å². The Morgan fingerprint density at radius 3 is 2.79 bits per heavy atom. The Morgan fingerprint density at radius 1 is 1.21 bits per heavy atom. The molecule has 0 spiro atoms. The van der Waals surface area contributed by atoms with Gasteiger partial charge in [0, 0.05) is 37.6 Å². The van der Waals surface area contributed by atoms with E-state index in [1.165, 1.54) is 12.8 Å². The highest BCUT2D eigenvalue weighted by Gasteiger charge is 2.26. The van der Waals surface area contributed by atoms with Gasteiger partial charge in [-0.1, -0.05) is 6.07 Å². The lowest BCUT2D eigenvalue weighted by molar-refractivity contribution is 0.387. The Balaban J connectivity index is 1.51. The Kier molecular flexibility index (Phi) is 5.35. The Bertz CT molecular complexity index is 671. The molecule has 1 N–H and O–H groups in total. The van der Waals surface area contributed by atoms with Crippen LogP contribution < -0.4 is 14.8 Å². The Labute approximate surface area is 142 Å². The summed E-state index contributed by atoms with van der Waals surface area (Å²) in [7, 11) is 3.35. The van der Waals surface area contributed by atoms with Crippen LogP contribution in [0.3, 0.4) is 0 Å². The van der Waals surface area contributed by atoms with E-state index in [9.17, 15) is 0 Å². The normalized spacial score (nSPS) is 20.3. The van der Waals surface area contributed by atoms with Gasteiger partial charge in [-0.15, -0.1) is 10.2 Å². The van der Waals surface area contributed by atoms with Crippen LogP contribution in [-0.4, -0.2) is 30.5 Å². The molecule has 0 unspecified atom stereocenters. The number of ether oxygens (including phenoxy) is 2. The summed E-state index contributed by atoms with van der Waals surface area (Å²) in [4.78, 5) is 0. The zero-order chi connectivity index (χ0) is 16.9. The molecular weight excluding hydrogens is 306 g/mol. The molecule has 24 heavy (non-hydrogen) atoms. The lowest BCUT2D eigenvalue weighted by Crippen LogP contribution is -2.26. The molecule has 6 nitrogen and oxygen atoms in total. The maximum Gasteiger partial charge on any atom is 0.216 e. The van der Waals surface area contributed by atoms with Crippen molar-refractivity contribution >= 4 is 0 Å². The summed E-state index contributed by atoms with van der Waals surface area (Å²) < 4.78 is 16.2. The van der Waals surface area contributed by atoms with Gasteiger partial charge in [-0.3, -0.25) is 0 Å². The second-order valence-corrected chi connectivity index (χ2v) is 6.35. The molecule has 0 bridgehead atoms. The van der Waals surface area contributed by atoms with E-state index < -0.39 is 0 Å². The van der Waals surface area contributed by atoms with Gasteiger partial charge in [0.05, 0.1) is 14.2 Å². The topological polar surface area (TPSA) is 69.4 Å². The fraction of sp³-hybridized carbons (Fsp3) is 0.556. The summed E-state index contributed by atoms with van der Waals surface area (Å²) in [5, 5.41) is 11.6. The summed E-state index contributed by atoms with van der Waals surface area (Å²) in [5.74, 6) is 3.68. The largest absolute Gasteiger partial charge is 0.497 e. The average molecular weight is 331 g/mol. The van der Waals surface area contributed by atoms with Gasteiger partial charge >= 0.3 is 0 Å². The minimum absolute atomic E-state index is 0.519. The zero-order valence-corrected chi connectivity index (χ0v) is 14.5. The van der Waals surface area contributed by atoms with Gasteiger partial charge < -0.3 is 19.2 Å². The van der Waals surface area contributed by atoms with Gasteiger partial charge in [-0.2, -0.15) is 0 Å². The lowest BCUT2D eigenvalue weighted by Gasteiger charge is -2.15. The van der Waals surface area contributed by atoms with Crippen LogP contribution in [0, 0.1) is 12.8 Å². The van der Waals surface area contributed by atoms with Gasteiger partial charge in [0.1, 0.15) is 11.5 Å². The molecule has 0 saturated heterocycles. The lowest BCUT2D eigenvalue weighted by atomic mass is 10.0. The first-order valence-electron chi connectivity index (χ1n) is 8.41. The highest BCUT2D eigenvalue weighted by atomic mass is 16.5. The highest BCUT2D eigenvalue weighted by molar-refractivity contribution is 5.40. The molecule has 1 fully saturated rings. The van der Waals surface area contributed by atoms with Crippen molar-refractivity contribution in [2.75, 3.05) is 14.2 Å². The molecule has 2 atom stereocenters. The van der Waals surface area contributed by atoms with E-state index in [-0.39, 0.29) is 0 Å². The molecule has 1 aliphatic carbocycles. The van der Waals surface area contributed by atoms with E-state index in [0.29, 0.717) is 17.9 Å². The maximum atomic E-state index is 5.49. The number of benzene rings is 1. The van der Waals surface area contributed by atoms with Crippen molar-refractivity contribution in [3.63, 3.8) is 0 Å². The van der Waals surface area contributed by atoms with Crippen molar-refractivity contribution in [2.24, 2.45) is 5.92 Å². The average Bonchev–Trinajstić information content (AvgIpc) is 3.22. The van der Waals surface area contributed by atoms with Gasteiger partial charge in [0.2, 0.25) is 11.8 Å². The standard InChI is InChI=1S/C18H25N3O3/c1-12-20-21-18(24-12)9-13-4-6-15(8-13)19-11-14-5-7-16(22-2)10-17(14)23-3/h5,7,10,13,15,19H,4,6,8-9,11H2,1-3H3/t13-,15+/m1/s1. The molecule has 1 aromatic carbocycles. The number of hydrogen-bond donors (Lipinski definition) is 1. The SMILES string of the molecule is COc1ccc(CN[C@H]2CC[C@@H](Cc3nnc(C)o3)C2)c(OC)c1. The molecule has 0 amide bonds. The Hall–Kier alpha value is -2.08. The highest BCUT2D eigenvalue weighted by Crippen LogP contribution is 2.30. The minimum atomic E-state index is 0.519. The molecule has 6 heteroatoms. The van der Waals surface area contributed by atoms with Crippen LogP contribution in [0.15, 0.2) is 22.6 Å². The third-order valence-electron chi connectivity index (χ3n) is 4.65. The number of hydrogen-bond acceptors (Lipinski definition) is 6. The summed E-state index contributed by atoms with van der Waals surface area (Å²) >= 11 is 0. The van der Waals surface area contributed by atoms with Crippen LogP contribution in [0.1, 0.15) is 36.6 Å². The smallest absolute Gasteiger partial charge is 0.216 e. The van der Waals surface area contributed by atoms with E-state index in [2.05, 4.69) is 21.6 Å². The van der Waals surface area contributed by atoms with Gasteiger partial charge in [0.15, 0.2) is 0 Å². The molecule has 0 radical (unpaired) electrons. The van der Waals surface area contributed by atoms with Crippen LogP contribution in [0.4, 0.5) is 0 Å². The predicted octanol–water partition coefficient (Wildman–Crippen LogP) is 2.90. The number of nitrogens with zero attached hydrogens (tertiary/aromatic N) is 2. The van der Waals surface area contributed by atoms with Crippen molar-refractivity contribution in [3.05, 3.63) is 35.5 Å². The minimum Gasteiger partial charge on any atom is -0.497 e. The van der Waals surface area contributed by atoms with E-state index in [0.717, 1.165) is 42.3 Å². The summed E-state index contributed by atoms with van der Waals surface area (Å²) in [6.07, 6.45) is 4.39. The second-order valence-electron chi connectivity index (χ2n) is 6.35. The van der Waals surface area contributed by atoms with Crippen molar-refractivity contribution in [3.8, 4) is 11.5 Å². The van der Waals surface area contributed by atoms with Crippen LogP contribution in [0.2, 0.25) is 0 Å². The number of methoxy groups -OCH3 is 2. The fourth-order valence-electron chi connectivity index (χ4n) is 3.36. The number of nitrogens with one attached hydrogen (secondary N) is 1. The van der Waals surface area contributed by atoms with Gasteiger partial charge in [-0.25, -0.2) is 0 Å². The molecule has 2 aromatic rings. The molecule has 1 aromatic heterocycles. The first-order valence-corrected chi connectivity index (χ1v) is 8.41. The fourth-order valence-corrected chi connectivity index (χ4v) is 3.36. The molecular formula is C18H25N3O3. The van der Waals surface area contributed by atoms with Crippen LogP contribution in [0.25, 0.3) is 0 Å². The Morgan fingerprint density at radius 2 is 2.08 bits per heavy atom. The van der Waals surface area contributed by atoms with Crippen molar-refractivity contribution < 1.29 is 13.9 Å². The quantitative estimate of drug-likeness (QED) is 0.841. The monoisotopic (exact) mass is 331 g/mol. The van der Waals surface area contributed by atoms with E-state index in [1.54, 1.807) is 14.2 Å². The van der Waals surface area contributed by atoms with Crippen LogP contribution in [0.5, 0.6) is 11.5 Å². The number of aryl methyl sites for hydroxylation is 1. The number of aromatic nitrogens is 2. The maximum absolute atomic E-state index is 5.49. The second kappa shape index (κ2) is 7.66. The van der Waals surface area contributed by atoms with Crippen LogP contribution in [-0.2, 0) is 13.0 Å².